The van der Waals surface area contributed by atoms with Crippen LogP contribution in [-0.2, 0) is 16.1 Å². The maximum absolute atomic E-state index is 13.0. The normalized spacial score (nSPS) is 19.9. The molecule has 1 aliphatic heterocycles. The summed E-state index contributed by atoms with van der Waals surface area (Å²) < 4.78 is 7.33. The molecule has 1 aromatic carbocycles. The highest BCUT2D eigenvalue weighted by molar-refractivity contribution is 7.20. The first-order valence-corrected chi connectivity index (χ1v) is 9.92. The molecule has 1 unspecified atom stereocenters. The number of aliphatic carboxylic acids is 1. The SMILES string of the molecule is Cc1nn(Cc2ccccc2)c2sc(C(=O)N3CC(C(=O)O)O[C@H](C)C3)cc12. The van der Waals surface area contributed by atoms with Crippen molar-refractivity contribution in [3.05, 3.63) is 52.5 Å². The fourth-order valence-corrected chi connectivity index (χ4v) is 4.62. The zero-order valence-corrected chi connectivity index (χ0v) is 16.5. The molecule has 1 saturated heterocycles. The number of amides is 1. The Balaban J connectivity index is 1.61. The Labute approximate surface area is 166 Å². The van der Waals surface area contributed by atoms with Crippen LogP contribution in [0.2, 0.25) is 0 Å². The zero-order valence-electron chi connectivity index (χ0n) is 15.7. The van der Waals surface area contributed by atoms with Gasteiger partial charge < -0.3 is 14.7 Å². The van der Waals surface area contributed by atoms with Crippen LogP contribution < -0.4 is 0 Å². The van der Waals surface area contributed by atoms with Crippen LogP contribution in [0.5, 0.6) is 0 Å². The van der Waals surface area contributed by atoms with E-state index in [1.54, 1.807) is 11.8 Å². The van der Waals surface area contributed by atoms with Gasteiger partial charge in [0.1, 0.15) is 4.83 Å². The first-order valence-electron chi connectivity index (χ1n) is 9.11. The number of thiophene rings is 1. The highest BCUT2D eigenvalue weighted by Gasteiger charge is 2.33. The molecule has 28 heavy (non-hydrogen) atoms. The molecule has 0 radical (unpaired) electrons. The molecule has 2 aromatic heterocycles. The predicted molar refractivity (Wildman–Crippen MR) is 106 cm³/mol. The number of carbonyl (C=O) groups is 2. The van der Waals surface area contributed by atoms with Gasteiger partial charge in [-0.05, 0) is 25.5 Å². The van der Waals surface area contributed by atoms with E-state index >= 15 is 0 Å². The Morgan fingerprint density at radius 2 is 2.04 bits per heavy atom. The molecule has 146 valence electrons. The van der Waals surface area contributed by atoms with E-state index in [0.29, 0.717) is 18.0 Å². The number of hydrogen-bond donors (Lipinski definition) is 1. The van der Waals surface area contributed by atoms with Crippen LogP contribution in [0.25, 0.3) is 10.2 Å². The molecule has 0 saturated carbocycles. The third kappa shape index (κ3) is 3.53. The van der Waals surface area contributed by atoms with Crippen LogP contribution >= 0.6 is 11.3 Å². The summed E-state index contributed by atoms with van der Waals surface area (Å²) in [4.78, 5) is 27.4. The van der Waals surface area contributed by atoms with E-state index < -0.39 is 12.1 Å². The summed E-state index contributed by atoms with van der Waals surface area (Å²) in [7, 11) is 0. The maximum Gasteiger partial charge on any atom is 0.334 e. The largest absolute Gasteiger partial charge is 0.479 e. The van der Waals surface area contributed by atoms with Gasteiger partial charge in [0, 0.05) is 11.9 Å². The van der Waals surface area contributed by atoms with Crippen molar-refractivity contribution in [3.63, 3.8) is 0 Å². The van der Waals surface area contributed by atoms with Crippen LogP contribution in [0.3, 0.4) is 0 Å². The molecule has 3 heterocycles. The summed E-state index contributed by atoms with van der Waals surface area (Å²) in [5.74, 6) is -1.21. The number of carboxylic acid groups (broad SMARTS) is 1. The number of morpholine rings is 1. The molecular weight excluding hydrogens is 378 g/mol. The van der Waals surface area contributed by atoms with Crippen molar-refractivity contribution in [2.45, 2.75) is 32.6 Å². The smallest absolute Gasteiger partial charge is 0.334 e. The molecule has 0 aliphatic carbocycles. The minimum atomic E-state index is -1.05. The van der Waals surface area contributed by atoms with Crippen LogP contribution in [-0.4, -0.2) is 57.0 Å². The van der Waals surface area contributed by atoms with E-state index in [9.17, 15) is 14.7 Å². The van der Waals surface area contributed by atoms with Gasteiger partial charge in [-0.2, -0.15) is 5.10 Å². The number of rotatable bonds is 4. The van der Waals surface area contributed by atoms with Gasteiger partial charge in [0.25, 0.3) is 5.91 Å². The number of aryl methyl sites for hydroxylation is 1. The van der Waals surface area contributed by atoms with Crippen molar-refractivity contribution in [1.82, 2.24) is 14.7 Å². The Bertz CT molecular complexity index is 1030. The standard InChI is InChI=1S/C20H21N3O4S/c1-12-9-22(11-16(27-12)20(25)26)18(24)17-8-15-13(2)21-23(19(15)28-17)10-14-6-4-3-5-7-14/h3-8,12,16H,9-11H2,1-2H3,(H,25,26)/t12-,16?/m1/s1. The molecule has 1 fully saturated rings. The first-order chi connectivity index (χ1) is 13.4. The summed E-state index contributed by atoms with van der Waals surface area (Å²) in [5.41, 5.74) is 2.01. The molecule has 8 heteroatoms. The molecule has 1 N–H and O–H groups in total. The lowest BCUT2D eigenvalue weighted by molar-refractivity contribution is -0.160. The summed E-state index contributed by atoms with van der Waals surface area (Å²) in [5, 5.41) is 14.8. The van der Waals surface area contributed by atoms with Gasteiger partial charge in [-0.1, -0.05) is 30.3 Å². The van der Waals surface area contributed by atoms with E-state index in [4.69, 9.17) is 4.74 Å². The molecule has 2 atom stereocenters. The summed E-state index contributed by atoms with van der Waals surface area (Å²) in [6.45, 7) is 4.78. The molecule has 4 rings (SSSR count). The van der Waals surface area contributed by atoms with Gasteiger partial charge in [0.2, 0.25) is 0 Å². The maximum atomic E-state index is 13.0. The van der Waals surface area contributed by atoms with Crippen LogP contribution in [0.4, 0.5) is 0 Å². The van der Waals surface area contributed by atoms with E-state index in [-0.39, 0.29) is 18.6 Å². The third-order valence-corrected chi connectivity index (χ3v) is 5.95. The van der Waals surface area contributed by atoms with Crippen molar-refractivity contribution in [2.24, 2.45) is 0 Å². The minimum absolute atomic E-state index is 0.0574. The molecule has 1 amide bonds. The Morgan fingerprint density at radius 1 is 1.29 bits per heavy atom. The molecule has 0 spiro atoms. The van der Waals surface area contributed by atoms with Crippen molar-refractivity contribution in [2.75, 3.05) is 13.1 Å². The predicted octanol–water partition coefficient (Wildman–Crippen LogP) is 2.77. The quantitative estimate of drug-likeness (QED) is 0.729. The van der Waals surface area contributed by atoms with Gasteiger partial charge in [-0.25, -0.2) is 4.79 Å². The van der Waals surface area contributed by atoms with E-state index in [1.165, 1.54) is 11.3 Å². The second kappa shape index (κ2) is 7.37. The van der Waals surface area contributed by atoms with Gasteiger partial charge in [-0.15, -0.1) is 11.3 Å². The van der Waals surface area contributed by atoms with Crippen molar-refractivity contribution in [1.29, 1.82) is 0 Å². The number of fused-ring (bicyclic) bond motifs is 1. The lowest BCUT2D eigenvalue weighted by Gasteiger charge is -2.34. The van der Waals surface area contributed by atoms with E-state index in [1.807, 2.05) is 48.0 Å². The highest BCUT2D eigenvalue weighted by atomic mass is 32.1. The highest BCUT2D eigenvalue weighted by Crippen LogP contribution is 2.30. The average Bonchev–Trinajstić information content (AvgIpc) is 3.23. The lowest BCUT2D eigenvalue weighted by Crippen LogP contribution is -2.51. The van der Waals surface area contributed by atoms with Crippen molar-refractivity contribution in [3.8, 4) is 0 Å². The molecule has 7 nitrogen and oxygen atoms in total. The molecule has 1 aliphatic rings. The van der Waals surface area contributed by atoms with E-state index in [2.05, 4.69) is 5.10 Å². The second-order valence-electron chi connectivity index (χ2n) is 7.04. The number of aromatic nitrogens is 2. The number of hydrogen-bond acceptors (Lipinski definition) is 5. The lowest BCUT2D eigenvalue weighted by atomic mass is 10.2. The molecular formula is C20H21N3O4S. The Kier molecular flexibility index (Phi) is 4.91. The zero-order chi connectivity index (χ0) is 19.8. The summed E-state index contributed by atoms with van der Waals surface area (Å²) >= 11 is 1.40. The fraction of sp³-hybridized carbons (Fsp3) is 0.350. The van der Waals surface area contributed by atoms with Gasteiger partial charge in [0.15, 0.2) is 6.10 Å². The number of nitrogens with zero attached hydrogens (tertiary/aromatic N) is 3. The molecule has 0 bridgehead atoms. The fourth-order valence-electron chi connectivity index (χ4n) is 3.49. The minimum Gasteiger partial charge on any atom is -0.479 e. The van der Waals surface area contributed by atoms with Gasteiger partial charge >= 0.3 is 5.97 Å². The van der Waals surface area contributed by atoms with Crippen LogP contribution in [0.15, 0.2) is 36.4 Å². The van der Waals surface area contributed by atoms with Crippen molar-refractivity contribution < 1.29 is 19.4 Å². The van der Waals surface area contributed by atoms with Crippen LogP contribution in [0.1, 0.15) is 27.9 Å². The summed E-state index contributed by atoms with van der Waals surface area (Å²) in [6, 6.07) is 11.9. The van der Waals surface area contributed by atoms with Gasteiger partial charge in [0.05, 0.1) is 29.8 Å². The van der Waals surface area contributed by atoms with Crippen molar-refractivity contribution >= 4 is 33.4 Å². The Hall–Kier alpha value is -2.71. The second-order valence-corrected chi connectivity index (χ2v) is 8.07. The number of carbonyl (C=O) groups excluding carboxylic acids is 1. The molecule has 3 aromatic rings. The monoisotopic (exact) mass is 399 g/mol. The topological polar surface area (TPSA) is 84.7 Å². The summed E-state index contributed by atoms with van der Waals surface area (Å²) in [6.07, 6.45) is -1.30. The number of ether oxygens (including phenoxy) is 1. The number of benzene rings is 1. The third-order valence-electron chi connectivity index (χ3n) is 4.82. The number of carboxylic acids is 1. The Morgan fingerprint density at radius 3 is 2.75 bits per heavy atom. The van der Waals surface area contributed by atoms with E-state index in [0.717, 1.165) is 21.5 Å². The first kappa shape index (κ1) is 18.6. The van der Waals surface area contributed by atoms with Gasteiger partial charge in [-0.3, -0.25) is 9.48 Å². The average molecular weight is 399 g/mol. The van der Waals surface area contributed by atoms with Crippen LogP contribution in [0, 0.1) is 6.92 Å².